The Hall–Kier alpha value is -3.42. The Morgan fingerprint density at radius 2 is 1.77 bits per heavy atom. The van der Waals surface area contributed by atoms with Crippen LogP contribution in [-0.4, -0.2) is 72.4 Å². The number of carbonyl (C=O) groups excluding carboxylic acids is 1. The van der Waals surface area contributed by atoms with E-state index in [0.717, 1.165) is 73.9 Å². The number of rotatable bonds is 20. The van der Waals surface area contributed by atoms with Gasteiger partial charge in [-0.3, -0.25) is 0 Å². The molecular weight excluding hydrogens is 586 g/mol. The lowest BCUT2D eigenvalue weighted by Crippen LogP contribution is -2.37. The number of thioether (sulfide) groups is 1. The predicted molar refractivity (Wildman–Crippen MR) is 177 cm³/mol. The molecule has 3 rings (SSSR count). The number of hydrogen-bond acceptors (Lipinski definition) is 8. The Labute approximate surface area is 262 Å². The van der Waals surface area contributed by atoms with Gasteiger partial charge in [-0.05, 0) is 56.3 Å². The number of hydrogen-bond donors (Lipinski definition) is 4. The first-order chi connectivity index (χ1) is 20.9. The number of halogens is 1. The van der Waals surface area contributed by atoms with Gasteiger partial charge in [-0.1, -0.05) is 37.5 Å². The topological polar surface area (TPSA) is 138 Å². The van der Waals surface area contributed by atoms with E-state index in [0.29, 0.717) is 24.8 Å². The molecule has 0 bridgehead atoms. The lowest BCUT2D eigenvalue weighted by atomic mass is 10.1. The van der Waals surface area contributed by atoms with Crippen molar-refractivity contribution in [3.05, 3.63) is 71.1 Å². The molecule has 2 aromatic heterocycles. The summed E-state index contributed by atoms with van der Waals surface area (Å²) in [6.45, 7) is 4.76. The van der Waals surface area contributed by atoms with Gasteiger partial charge in [-0.25, -0.2) is 19.2 Å². The monoisotopic (exact) mass is 629 g/mol. The number of pyridine rings is 1. The number of guanidine groups is 1. The second-order valence-corrected chi connectivity index (χ2v) is 12.1. The first kappa shape index (κ1) is 34.1. The van der Waals surface area contributed by atoms with Gasteiger partial charge in [0.15, 0.2) is 5.96 Å². The van der Waals surface area contributed by atoms with E-state index < -0.39 is 0 Å². The molecule has 2 heterocycles. The Morgan fingerprint density at radius 3 is 2.53 bits per heavy atom. The van der Waals surface area contributed by atoms with Crippen LogP contribution in [0.1, 0.15) is 43.4 Å². The molecule has 234 valence electrons. The van der Waals surface area contributed by atoms with Crippen molar-refractivity contribution in [1.29, 1.82) is 0 Å². The number of urea groups is 1. The molecular formula is C30H44FN9OS2. The van der Waals surface area contributed by atoms with Gasteiger partial charge in [-0.2, -0.15) is 16.8 Å². The number of nitrogens with two attached hydrogens (primary N) is 2. The fourth-order valence-corrected chi connectivity index (χ4v) is 5.83. The Bertz CT molecular complexity index is 1220. The minimum absolute atomic E-state index is 0.00435. The van der Waals surface area contributed by atoms with Crippen LogP contribution >= 0.6 is 23.1 Å². The standard InChI is InChI=1S/C30H44FN9OS2/c1-39(18-19-40(27-9-5-7-14-34-27)21-24-10-12-25(31)13-11-24)17-8-4-2-3-6-15-35-29(41)36-16-20-42-22-26-23-43-30(37-26)38-28(32)33/h5,7,9-14,23H,2-4,6,8,15-22H2,1H3,(H2,35,36,41)(H4,32,33,37,38). The summed E-state index contributed by atoms with van der Waals surface area (Å²) in [5.41, 5.74) is 12.7. The summed E-state index contributed by atoms with van der Waals surface area (Å²) in [7, 11) is 2.15. The average Bonchev–Trinajstić information content (AvgIpc) is 3.44. The highest BCUT2D eigenvalue weighted by atomic mass is 32.2. The number of thiazole rings is 1. The molecule has 0 unspecified atom stereocenters. The Morgan fingerprint density at radius 1 is 1.00 bits per heavy atom. The summed E-state index contributed by atoms with van der Waals surface area (Å²) >= 11 is 3.10. The van der Waals surface area contributed by atoms with Crippen LogP contribution in [-0.2, 0) is 12.3 Å². The predicted octanol–water partition coefficient (Wildman–Crippen LogP) is 4.70. The Kier molecular flexibility index (Phi) is 15.6. The molecule has 0 spiro atoms. The molecule has 0 aliphatic carbocycles. The van der Waals surface area contributed by atoms with Crippen LogP contribution in [0.25, 0.3) is 0 Å². The first-order valence-corrected chi connectivity index (χ1v) is 16.6. The number of nitrogens with zero attached hydrogens (tertiary/aromatic N) is 5. The van der Waals surface area contributed by atoms with Gasteiger partial charge < -0.3 is 31.9 Å². The molecule has 10 nitrogen and oxygen atoms in total. The number of aliphatic imine (C=N–C) groups is 1. The molecule has 3 aromatic rings. The molecule has 0 saturated carbocycles. The highest BCUT2D eigenvalue weighted by Gasteiger charge is 2.10. The number of likely N-dealkylation sites (N-methyl/N-ethyl adjacent to an activating group) is 1. The molecule has 13 heteroatoms. The van der Waals surface area contributed by atoms with Gasteiger partial charge in [0.1, 0.15) is 11.6 Å². The number of nitrogens with one attached hydrogen (secondary N) is 2. The molecule has 0 aliphatic heterocycles. The third-order valence-corrected chi connectivity index (χ3v) is 8.34. The van der Waals surface area contributed by atoms with Crippen molar-refractivity contribution >= 4 is 46.0 Å². The van der Waals surface area contributed by atoms with Crippen LogP contribution in [0.2, 0.25) is 0 Å². The summed E-state index contributed by atoms with van der Waals surface area (Å²) in [4.78, 5) is 29.4. The van der Waals surface area contributed by atoms with Crippen LogP contribution in [0.15, 0.2) is 59.0 Å². The van der Waals surface area contributed by atoms with E-state index in [1.54, 1.807) is 18.0 Å². The van der Waals surface area contributed by atoms with E-state index in [2.05, 4.69) is 42.4 Å². The second-order valence-electron chi connectivity index (χ2n) is 10.2. The maximum atomic E-state index is 13.3. The van der Waals surface area contributed by atoms with Crippen molar-refractivity contribution in [2.75, 3.05) is 50.4 Å². The lowest BCUT2D eigenvalue weighted by molar-refractivity contribution is 0.241. The van der Waals surface area contributed by atoms with Crippen LogP contribution in [0.4, 0.5) is 20.1 Å². The van der Waals surface area contributed by atoms with Crippen LogP contribution in [0.5, 0.6) is 0 Å². The highest BCUT2D eigenvalue weighted by Crippen LogP contribution is 2.21. The quantitative estimate of drug-likeness (QED) is 0.0802. The van der Waals surface area contributed by atoms with Gasteiger partial charge >= 0.3 is 6.03 Å². The highest BCUT2D eigenvalue weighted by molar-refractivity contribution is 7.98. The fourth-order valence-electron chi connectivity index (χ4n) is 4.27. The van der Waals surface area contributed by atoms with E-state index in [1.807, 2.05) is 35.7 Å². The minimum Gasteiger partial charge on any atom is -0.370 e. The number of amides is 2. The number of carbonyl (C=O) groups is 1. The number of aromatic nitrogens is 2. The molecule has 2 amide bonds. The summed E-state index contributed by atoms with van der Waals surface area (Å²) in [6.07, 6.45) is 7.33. The van der Waals surface area contributed by atoms with Crippen molar-refractivity contribution in [3.8, 4) is 0 Å². The Balaban J connectivity index is 1.18. The van der Waals surface area contributed by atoms with Gasteiger partial charge in [0.05, 0.1) is 5.69 Å². The summed E-state index contributed by atoms with van der Waals surface area (Å²) in [5, 5.41) is 8.33. The zero-order valence-corrected chi connectivity index (χ0v) is 26.5. The number of unbranched alkanes of at least 4 members (excludes halogenated alkanes) is 4. The molecule has 1 aromatic carbocycles. The average molecular weight is 630 g/mol. The number of anilines is 1. The van der Waals surface area contributed by atoms with Crippen LogP contribution in [0, 0.1) is 5.82 Å². The van der Waals surface area contributed by atoms with Crippen LogP contribution < -0.4 is 27.0 Å². The number of benzene rings is 1. The molecule has 0 atom stereocenters. The van der Waals surface area contributed by atoms with Crippen molar-refractivity contribution in [3.63, 3.8) is 0 Å². The normalized spacial score (nSPS) is 11.0. The van der Waals surface area contributed by atoms with Gasteiger partial charge in [0, 0.05) is 55.8 Å². The van der Waals surface area contributed by atoms with Crippen molar-refractivity contribution in [1.82, 2.24) is 25.5 Å². The van der Waals surface area contributed by atoms with Crippen LogP contribution in [0.3, 0.4) is 0 Å². The molecule has 0 radical (unpaired) electrons. The van der Waals surface area contributed by atoms with E-state index in [9.17, 15) is 9.18 Å². The van der Waals surface area contributed by atoms with Gasteiger partial charge in [0.2, 0.25) is 5.13 Å². The molecule has 0 saturated heterocycles. The molecule has 43 heavy (non-hydrogen) atoms. The SMILES string of the molecule is CN(CCCCCCCNC(=O)NCCSCc1csc(N=C(N)N)n1)CCN(Cc1ccc(F)cc1)c1ccccn1. The molecule has 0 aliphatic rings. The smallest absolute Gasteiger partial charge is 0.314 e. The van der Waals surface area contributed by atoms with Crippen molar-refractivity contribution < 1.29 is 9.18 Å². The zero-order valence-electron chi connectivity index (χ0n) is 24.9. The lowest BCUT2D eigenvalue weighted by Gasteiger charge is -2.27. The molecule has 0 fully saturated rings. The third-order valence-electron chi connectivity index (χ3n) is 6.56. The summed E-state index contributed by atoms with van der Waals surface area (Å²) in [6, 6.07) is 12.5. The van der Waals surface area contributed by atoms with E-state index in [4.69, 9.17) is 11.5 Å². The first-order valence-electron chi connectivity index (χ1n) is 14.6. The fraction of sp³-hybridized carbons (Fsp3) is 0.467. The zero-order chi connectivity index (χ0) is 30.7. The maximum absolute atomic E-state index is 13.3. The maximum Gasteiger partial charge on any atom is 0.314 e. The largest absolute Gasteiger partial charge is 0.370 e. The van der Waals surface area contributed by atoms with Crippen molar-refractivity contribution in [2.24, 2.45) is 16.5 Å². The van der Waals surface area contributed by atoms with E-state index in [1.165, 1.54) is 29.9 Å². The second kappa shape index (κ2) is 19.7. The van der Waals surface area contributed by atoms with Gasteiger partial charge in [0.25, 0.3) is 0 Å². The summed E-state index contributed by atoms with van der Waals surface area (Å²) < 4.78 is 13.3. The molecule has 6 N–H and O–H groups in total. The third kappa shape index (κ3) is 14.5. The van der Waals surface area contributed by atoms with Gasteiger partial charge in [-0.15, -0.1) is 11.3 Å². The summed E-state index contributed by atoms with van der Waals surface area (Å²) in [5.74, 6) is 2.25. The van der Waals surface area contributed by atoms with E-state index in [-0.39, 0.29) is 17.8 Å². The van der Waals surface area contributed by atoms with Crippen molar-refractivity contribution in [2.45, 2.75) is 44.4 Å². The minimum atomic E-state index is -0.221. The van der Waals surface area contributed by atoms with E-state index >= 15 is 0 Å².